The fourth-order valence-corrected chi connectivity index (χ4v) is 1.56. The molecule has 5 nitrogen and oxygen atoms in total. The van der Waals surface area contributed by atoms with Crippen molar-refractivity contribution in [1.29, 1.82) is 0 Å². The molecule has 14 heavy (non-hydrogen) atoms. The molecule has 0 saturated carbocycles. The summed E-state index contributed by atoms with van der Waals surface area (Å²) in [5.41, 5.74) is 0.226. The Bertz CT molecular complexity index is 371. The van der Waals surface area contributed by atoms with Crippen LogP contribution < -0.4 is 0 Å². The Morgan fingerprint density at radius 3 is 2.79 bits per heavy atom. The molecule has 0 unspecified atom stereocenters. The first kappa shape index (κ1) is 11.4. The predicted molar refractivity (Wildman–Crippen MR) is 53.2 cm³/mol. The molecule has 0 aromatic heterocycles. The van der Waals surface area contributed by atoms with E-state index in [2.05, 4.69) is 20.8 Å². The van der Waals surface area contributed by atoms with Crippen molar-refractivity contribution in [2.75, 3.05) is 0 Å². The summed E-state index contributed by atoms with van der Waals surface area (Å²) in [5.74, 6) is 0. The molecule has 1 aromatic carbocycles. The lowest BCUT2D eigenvalue weighted by Crippen LogP contribution is -1.94. The lowest BCUT2D eigenvalue weighted by Gasteiger charge is -2.03. The summed E-state index contributed by atoms with van der Waals surface area (Å²) >= 11 is 8.85. The maximum atomic E-state index is 10.5. The lowest BCUT2D eigenvalue weighted by atomic mass is 10.2. The standard InChI is InChI=1S/C7H5BrClNO4/c8-6-2-5(10(11)12)1-4(3-14-13)7(6)9/h1-2,13H,3H2. The van der Waals surface area contributed by atoms with Gasteiger partial charge in [-0.3, -0.25) is 15.4 Å². The summed E-state index contributed by atoms with van der Waals surface area (Å²) in [6, 6.07) is 2.52. The first-order valence-corrected chi connectivity index (χ1v) is 4.62. The largest absolute Gasteiger partial charge is 0.271 e. The number of rotatable bonds is 3. The molecule has 0 fully saturated rings. The van der Waals surface area contributed by atoms with E-state index in [1.807, 2.05) is 0 Å². The first-order chi connectivity index (χ1) is 6.56. The van der Waals surface area contributed by atoms with Crippen LogP contribution in [0.15, 0.2) is 16.6 Å². The topological polar surface area (TPSA) is 72.6 Å². The number of benzene rings is 1. The number of nitro benzene ring substituents is 1. The van der Waals surface area contributed by atoms with Gasteiger partial charge in [-0.25, -0.2) is 4.89 Å². The highest BCUT2D eigenvalue weighted by atomic mass is 79.9. The van der Waals surface area contributed by atoms with E-state index in [9.17, 15) is 10.1 Å². The quantitative estimate of drug-likeness (QED) is 0.525. The summed E-state index contributed by atoms with van der Waals surface area (Å²) < 4.78 is 0.389. The van der Waals surface area contributed by atoms with Gasteiger partial charge in [-0.2, -0.15) is 0 Å². The van der Waals surface area contributed by atoms with Crippen LogP contribution in [0.3, 0.4) is 0 Å². The van der Waals surface area contributed by atoms with Gasteiger partial charge in [0, 0.05) is 22.2 Å². The molecule has 1 N–H and O–H groups in total. The normalized spacial score (nSPS) is 10.2. The first-order valence-electron chi connectivity index (χ1n) is 3.45. The average molecular weight is 282 g/mol. The average Bonchev–Trinajstić information content (AvgIpc) is 2.12. The van der Waals surface area contributed by atoms with Crippen LogP contribution >= 0.6 is 27.5 Å². The lowest BCUT2D eigenvalue weighted by molar-refractivity contribution is -0.385. The van der Waals surface area contributed by atoms with Gasteiger partial charge in [0.15, 0.2) is 0 Å². The minimum absolute atomic E-state index is 0.117. The third-order valence-corrected chi connectivity index (χ3v) is 2.82. The summed E-state index contributed by atoms with van der Waals surface area (Å²) in [6.45, 7) is -0.195. The number of hydrogen-bond donors (Lipinski definition) is 1. The van der Waals surface area contributed by atoms with Crippen molar-refractivity contribution >= 4 is 33.2 Å². The molecule has 0 aliphatic rings. The van der Waals surface area contributed by atoms with Gasteiger partial charge in [-0.1, -0.05) is 11.6 Å². The van der Waals surface area contributed by atoms with Crippen LogP contribution in [0.4, 0.5) is 5.69 Å². The van der Waals surface area contributed by atoms with Crippen LogP contribution in [0.5, 0.6) is 0 Å². The van der Waals surface area contributed by atoms with E-state index in [1.54, 1.807) is 0 Å². The second-order valence-corrected chi connectivity index (χ2v) is 3.66. The van der Waals surface area contributed by atoms with Gasteiger partial charge in [-0.05, 0) is 15.9 Å². The van der Waals surface area contributed by atoms with Crippen LogP contribution in [0.2, 0.25) is 5.02 Å². The molecule has 0 aliphatic carbocycles. The summed E-state index contributed by atoms with van der Waals surface area (Å²) in [6.07, 6.45) is 0. The number of halogens is 2. The summed E-state index contributed by atoms with van der Waals surface area (Å²) in [4.78, 5) is 13.8. The molecule has 76 valence electrons. The Morgan fingerprint density at radius 2 is 2.29 bits per heavy atom. The molecule has 1 rings (SSSR count). The molecule has 0 heterocycles. The Hall–Kier alpha value is -0.690. The van der Waals surface area contributed by atoms with Crippen molar-refractivity contribution in [3.05, 3.63) is 37.3 Å². The van der Waals surface area contributed by atoms with E-state index in [0.29, 0.717) is 10.0 Å². The SMILES string of the molecule is O=[N+]([O-])c1cc(Br)c(Cl)c(COO)c1. The molecule has 0 radical (unpaired) electrons. The second-order valence-electron chi connectivity index (χ2n) is 2.43. The Kier molecular flexibility index (Phi) is 3.82. The molecule has 0 bridgehead atoms. The van der Waals surface area contributed by atoms with Gasteiger partial charge in [0.25, 0.3) is 5.69 Å². The third-order valence-electron chi connectivity index (χ3n) is 1.52. The van der Waals surface area contributed by atoms with E-state index < -0.39 is 4.92 Å². The maximum Gasteiger partial charge on any atom is 0.271 e. The highest BCUT2D eigenvalue weighted by Gasteiger charge is 2.13. The van der Waals surface area contributed by atoms with Crippen molar-refractivity contribution in [2.45, 2.75) is 6.61 Å². The summed E-state index contributed by atoms with van der Waals surface area (Å²) in [7, 11) is 0. The van der Waals surface area contributed by atoms with Crippen molar-refractivity contribution in [1.82, 2.24) is 0 Å². The van der Waals surface area contributed by atoms with Crippen LogP contribution in [0.1, 0.15) is 5.56 Å². The van der Waals surface area contributed by atoms with Gasteiger partial charge < -0.3 is 0 Å². The molecular weight excluding hydrogens is 277 g/mol. The smallest absolute Gasteiger partial charge is 0.258 e. The van der Waals surface area contributed by atoms with Crippen LogP contribution in [0, 0.1) is 10.1 Å². The molecule has 0 atom stereocenters. The molecule has 0 saturated heterocycles. The van der Waals surface area contributed by atoms with Crippen LogP contribution in [0.25, 0.3) is 0 Å². The van der Waals surface area contributed by atoms with Gasteiger partial charge >= 0.3 is 0 Å². The fraction of sp³-hybridized carbons (Fsp3) is 0.143. The number of nitro groups is 1. The second kappa shape index (κ2) is 4.70. The van der Waals surface area contributed by atoms with E-state index in [0.717, 1.165) is 0 Å². The molecule has 0 aliphatic heterocycles. The summed E-state index contributed by atoms with van der Waals surface area (Å²) in [5, 5.41) is 19.0. The number of hydrogen-bond acceptors (Lipinski definition) is 4. The van der Waals surface area contributed by atoms with Crippen molar-refractivity contribution in [3.63, 3.8) is 0 Å². The molecular formula is C7H5BrClNO4. The third kappa shape index (κ3) is 2.42. The van der Waals surface area contributed by atoms with E-state index in [4.69, 9.17) is 16.9 Å². The minimum Gasteiger partial charge on any atom is -0.258 e. The maximum absolute atomic E-state index is 10.5. The van der Waals surface area contributed by atoms with Crippen molar-refractivity contribution in [2.24, 2.45) is 0 Å². The van der Waals surface area contributed by atoms with Crippen LogP contribution in [-0.2, 0) is 11.5 Å². The van der Waals surface area contributed by atoms with E-state index >= 15 is 0 Å². The zero-order valence-corrected chi connectivity index (χ0v) is 9.08. The van der Waals surface area contributed by atoms with Crippen LogP contribution in [-0.4, -0.2) is 10.2 Å². The van der Waals surface area contributed by atoms with Gasteiger partial charge in [0.05, 0.1) is 9.95 Å². The van der Waals surface area contributed by atoms with Crippen molar-refractivity contribution < 1.29 is 15.1 Å². The zero-order chi connectivity index (χ0) is 10.7. The Labute approximate surface area is 92.5 Å². The van der Waals surface area contributed by atoms with E-state index in [-0.39, 0.29) is 17.3 Å². The molecule has 7 heteroatoms. The van der Waals surface area contributed by atoms with Gasteiger partial charge in [-0.15, -0.1) is 0 Å². The molecule has 1 aromatic rings. The highest BCUT2D eigenvalue weighted by molar-refractivity contribution is 9.10. The van der Waals surface area contributed by atoms with Crippen molar-refractivity contribution in [3.8, 4) is 0 Å². The Balaban J connectivity index is 3.20. The monoisotopic (exact) mass is 281 g/mol. The predicted octanol–water partition coefficient (Wildman–Crippen LogP) is 3.00. The zero-order valence-electron chi connectivity index (χ0n) is 6.74. The minimum atomic E-state index is -0.554. The van der Waals surface area contributed by atoms with Gasteiger partial charge in [0.2, 0.25) is 0 Å². The highest BCUT2D eigenvalue weighted by Crippen LogP contribution is 2.31. The Morgan fingerprint density at radius 1 is 1.64 bits per heavy atom. The molecule has 0 spiro atoms. The molecule has 0 amide bonds. The van der Waals surface area contributed by atoms with Gasteiger partial charge in [0.1, 0.15) is 6.61 Å². The number of nitrogens with zero attached hydrogens (tertiary/aromatic N) is 1. The fourth-order valence-electron chi connectivity index (χ4n) is 0.910. The van der Waals surface area contributed by atoms with E-state index in [1.165, 1.54) is 12.1 Å². The number of non-ortho nitro benzene ring substituents is 1.